The third-order valence-corrected chi connectivity index (χ3v) is 6.64. The van der Waals surface area contributed by atoms with Gasteiger partial charge in [0, 0.05) is 29.5 Å². The lowest BCUT2D eigenvalue weighted by Gasteiger charge is -2.18. The summed E-state index contributed by atoms with van der Waals surface area (Å²) in [6.45, 7) is 0.160. The summed E-state index contributed by atoms with van der Waals surface area (Å²) >= 11 is 12.5. The van der Waals surface area contributed by atoms with Gasteiger partial charge >= 0.3 is 0 Å². The van der Waals surface area contributed by atoms with E-state index in [-0.39, 0.29) is 40.2 Å². The van der Waals surface area contributed by atoms with Gasteiger partial charge in [-0.05, 0) is 17.7 Å². The molecule has 0 aromatic heterocycles. The minimum absolute atomic E-state index is 0.0943. The topological polar surface area (TPSA) is 80.7 Å². The molecule has 4 rings (SSSR count). The standard InChI is InChI=1S/C21H15ClN2O4S2/c22-14-7-3-1-5-12(14)11-24-15-8-4-2-6-13(15)17(19(24)27)18-20(28)23(21(29)30-18)10-9-16(25)26/h1-8H,9-11H2,(H,25,26)/p-1/b18-17-. The molecule has 2 aliphatic heterocycles. The van der Waals surface area contributed by atoms with Crippen LogP contribution in [-0.2, 0) is 20.9 Å². The van der Waals surface area contributed by atoms with Crippen molar-refractivity contribution in [2.45, 2.75) is 13.0 Å². The fourth-order valence-electron chi connectivity index (χ4n) is 3.40. The van der Waals surface area contributed by atoms with E-state index in [1.165, 1.54) is 4.90 Å². The zero-order valence-corrected chi connectivity index (χ0v) is 17.9. The fraction of sp³-hybridized carbons (Fsp3) is 0.143. The van der Waals surface area contributed by atoms with E-state index in [1.807, 2.05) is 30.3 Å². The molecule has 2 aromatic rings. The Hall–Kier alpha value is -2.68. The lowest BCUT2D eigenvalue weighted by atomic mass is 10.1. The predicted octanol–water partition coefficient (Wildman–Crippen LogP) is 2.60. The average molecular weight is 458 g/mol. The van der Waals surface area contributed by atoms with E-state index in [4.69, 9.17) is 23.8 Å². The number of anilines is 1. The highest BCUT2D eigenvalue weighted by molar-refractivity contribution is 8.26. The zero-order chi connectivity index (χ0) is 21.4. The minimum atomic E-state index is -1.27. The highest BCUT2D eigenvalue weighted by Gasteiger charge is 2.41. The van der Waals surface area contributed by atoms with Crippen molar-refractivity contribution in [1.29, 1.82) is 0 Å². The van der Waals surface area contributed by atoms with Crippen molar-refractivity contribution in [2.24, 2.45) is 0 Å². The van der Waals surface area contributed by atoms with E-state index in [2.05, 4.69) is 0 Å². The van der Waals surface area contributed by atoms with Crippen LogP contribution in [0.3, 0.4) is 0 Å². The smallest absolute Gasteiger partial charge is 0.267 e. The monoisotopic (exact) mass is 457 g/mol. The first-order valence-corrected chi connectivity index (χ1v) is 10.6. The Morgan fingerprint density at radius 1 is 1.03 bits per heavy atom. The van der Waals surface area contributed by atoms with Gasteiger partial charge in [-0.25, -0.2) is 0 Å². The number of carbonyl (C=O) groups is 3. The van der Waals surface area contributed by atoms with Crippen LogP contribution in [0, 0.1) is 0 Å². The summed E-state index contributed by atoms with van der Waals surface area (Å²) in [6, 6.07) is 14.5. The van der Waals surface area contributed by atoms with Gasteiger partial charge in [-0.15, -0.1) is 0 Å². The van der Waals surface area contributed by atoms with E-state index >= 15 is 0 Å². The molecule has 0 N–H and O–H groups in total. The molecule has 0 saturated carbocycles. The van der Waals surface area contributed by atoms with Crippen LogP contribution in [0.1, 0.15) is 17.5 Å². The van der Waals surface area contributed by atoms with Crippen molar-refractivity contribution in [1.82, 2.24) is 4.90 Å². The van der Waals surface area contributed by atoms with Gasteiger partial charge in [0.2, 0.25) is 0 Å². The van der Waals surface area contributed by atoms with E-state index < -0.39 is 11.9 Å². The minimum Gasteiger partial charge on any atom is -0.550 e. The predicted molar refractivity (Wildman–Crippen MR) is 118 cm³/mol. The Morgan fingerprint density at radius 3 is 2.47 bits per heavy atom. The Labute approximate surface area is 187 Å². The Kier molecular flexibility index (Phi) is 5.64. The Bertz CT molecular complexity index is 1130. The SMILES string of the molecule is O=C([O-])CCN1C(=O)/C(=C2/C(=O)N(Cc3ccccc3Cl)c3ccccc32)SC1=S. The molecule has 0 unspecified atom stereocenters. The van der Waals surface area contributed by atoms with Crippen molar-refractivity contribution < 1.29 is 19.5 Å². The quantitative estimate of drug-likeness (QED) is 0.507. The number of aliphatic carboxylic acids is 1. The Balaban J connectivity index is 1.74. The Morgan fingerprint density at radius 2 is 1.73 bits per heavy atom. The molecule has 0 spiro atoms. The number of rotatable bonds is 5. The summed E-state index contributed by atoms with van der Waals surface area (Å²) in [5.41, 5.74) is 2.36. The number of carboxylic acid groups (broad SMARTS) is 1. The molecule has 0 aliphatic carbocycles. The van der Waals surface area contributed by atoms with Crippen LogP contribution in [0.15, 0.2) is 53.4 Å². The lowest BCUT2D eigenvalue weighted by molar-refractivity contribution is -0.305. The third-order valence-electron chi connectivity index (χ3n) is 4.83. The molecule has 152 valence electrons. The first-order chi connectivity index (χ1) is 14.4. The number of nitrogens with zero attached hydrogens (tertiary/aromatic N) is 2. The van der Waals surface area contributed by atoms with Crippen molar-refractivity contribution >= 4 is 68.9 Å². The van der Waals surface area contributed by atoms with Crippen LogP contribution in [-0.4, -0.2) is 33.5 Å². The second-order valence-electron chi connectivity index (χ2n) is 6.65. The number of carboxylic acids is 1. The molecule has 2 aromatic carbocycles. The number of fused-ring (bicyclic) bond motifs is 1. The number of carbonyl (C=O) groups excluding carboxylic acids is 3. The molecule has 2 heterocycles. The maximum atomic E-state index is 13.4. The third kappa shape index (κ3) is 3.62. The highest BCUT2D eigenvalue weighted by atomic mass is 35.5. The molecule has 0 bridgehead atoms. The summed E-state index contributed by atoms with van der Waals surface area (Å²) in [5.74, 6) is -2.06. The summed E-state index contributed by atoms with van der Waals surface area (Å²) < 4.78 is 0.221. The van der Waals surface area contributed by atoms with Crippen molar-refractivity contribution in [2.75, 3.05) is 11.4 Å². The molecule has 30 heavy (non-hydrogen) atoms. The summed E-state index contributed by atoms with van der Waals surface area (Å²) in [6.07, 6.45) is -0.335. The molecule has 0 radical (unpaired) electrons. The number of hydrogen-bond donors (Lipinski definition) is 0. The van der Waals surface area contributed by atoms with Gasteiger partial charge in [-0.2, -0.15) is 0 Å². The van der Waals surface area contributed by atoms with Crippen LogP contribution >= 0.6 is 35.6 Å². The first-order valence-electron chi connectivity index (χ1n) is 9.01. The van der Waals surface area contributed by atoms with Gasteiger partial charge in [0.15, 0.2) is 0 Å². The molecule has 2 amide bonds. The number of thioether (sulfide) groups is 1. The van der Waals surface area contributed by atoms with Crippen LogP contribution in [0.4, 0.5) is 5.69 Å². The van der Waals surface area contributed by atoms with Crippen molar-refractivity contribution in [3.63, 3.8) is 0 Å². The molecule has 1 fully saturated rings. The maximum absolute atomic E-state index is 13.4. The van der Waals surface area contributed by atoms with Crippen LogP contribution in [0.25, 0.3) is 5.57 Å². The largest absolute Gasteiger partial charge is 0.550 e. The van der Waals surface area contributed by atoms with Gasteiger partial charge < -0.3 is 14.8 Å². The van der Waals surface area contributed by atoms with Crippen molar-refractivity contribution in [3.8, 4) is 0 Å². The number of thiocarbonyl (C=S) groups is 1. The zero-order valence-electron chi connectivity index (χ0n) is 15.5. The summed E-state index contributed by atoms with van der Waals surface area (Å²) in [5, 5.41) is 11.3. The van der Waals surface area contributed by atoms with Crippen LogP contribution in [0.5, 0.6) is 0 Å². The normalized spacial score (nSPS) is 18.4. The second-order valence-corrected chi connectivity index (χ2v) is 8.70. The molecule has 9 heteroatoms. The molecular formula is C21H14ClN2O4S2-. The van der Waals surface area contributed by atoms with Gasteiger partial charge in [-0.1, -0.05) is 72.0 Å². The molecule has 1 saturated heterocycles. The molecule has 0 atom stereocenters. The highest BCUT2D eigenvalue weighted by Crippen LogP contribution is 2.45. The van der Waals surface area contributed by atoms with E-state index in [1.54, 1.807) is 23.1 Å². The van der Waals surface area contributed by atoms with Gasteiger partial charge in [0.05, 0.1) is 22.7 Å². The maximum Gasteiger partial charge on any atom is 0.267 e. The number of para-hydroxylation sites is 1. The first kappa shape index (κ1) is 20.6. The molecule has 2 aliphatic rings. The van der Waals surface area contributed by atoms with Crippen molar-refractivity contribution in [3.05, 3.63) is 69.6 Å². The molecular weight excluding hydrogens is 444 g/mol. The number of benzene rings is 2. The number of hydrogen-bond acceptors (Lipinski definition) is 6. The van der Waals surface area contributed by atoms with Gasteiger partial charge in [0.1, 0.15) is 4.32 Å². The van der Waals surface area contributed by atoms with Crippen LogP contribution < -0.4 is 10.0 Å². The fourth-order valence-corrected chi connectivity index (χ4v) is 4.97. The summed E-state index contributed by atoms with van der Waals surface area (Å²) in [4.78, 5) is 40.1. The van der Waals surface area contributed by atoms with E-state index in [0.29, 0.717) is 16.3 Å². The molecule has 6 nitrogen and oxygen atoms in total. The second kappa shape index (κ2) is 8.22. The number of halogens is 1. The lowest BCUT2D eigenvalue weighted by Crippen LogP contribution is -2.34. The van der Waals surface area contributed by atoms with Gasteiger partial charge in [-0.3, -0.25) is 14.5 Å². The van der Waals surface area contributed by atoms with Gasteiger partial charge in [0.25, 0.3) is 11.8 Å². The van der Waals surface area contributed by atoms with E-state index in [9.17, 15) is 19.5 Å². The average Bonchev–Trinajstić information content (AvgIpc) is 3.15. The number of amides is 2. The van der Waals surface area contributed by atoms with E-state index in [0.717, 1.165) is 17.3 Å². The summed E-state index contributed by atoms with van der Waals surface area (Å²) in [7, 11) is 0. The van der Waals surface area contributed by atoms with Crippen LogP contribution in [0.2, 0.25) is 5.02 Å².